The fourth-order valence-corrected chi connectivity index (χ4v) is 5.67. The molecule has 1 aliphatic carbocycles. The molecule has 0 bridgehead atoms. The van der Waals surface area contributed by atoms with E-state index < -0.39 is 10.8 Å². The Morgan fingerprint density at radius 1 is 1.30 bits per heavy atom. The number of hydrogen-bond donors (Lipinski definition) is 2. The minimum Gasteiger partial charge on any atom is -0.494 e. The van der Waals surface area contributed by atoms with Crippen molar-refractivity contribution in [2.45, 2.75) is 83.7 Å². The standard InChI is InChI=1S/C23H37N3O3S/c1-5-24-23(26-19-9-8-10-20(14-19)30(27)7-3)25-15-18-13-22-17(11-16(4)29-22)12-21(18)28-6-2/h12-13,16,19-20H,5-11,14-15H2,1-4H3,(H2,24,25,26). The third-order valence-electron chi connectivity index (χ3n) is 5.75. The molecule has 4 unspecified atom stereocenters. The number of nitrogens with one attached hydrogen (secondary N) is 2. The molecule has 1 fully saturated rings. The highest BCUT2D eigenvalue weighted by Gasteiger charge is 2.26. The van der Waals surface area contributed by atoms with E-state index in [1.54, 1.807) is 0 Å². The molecule has 168 valence electrons. The summed E-state index contributed by atoms with van der Waals surface area (Å²) < 4.78 is 24.1. The molecule has 0 amide bonds. The molecule has 1 heterocycles. The lowest BCUT2D eigenvalue weighted by Gasteiger charge is -2.30. The number of aliphatic imine (C=N–C) groups is 1. The number of nitrogens with zero attached hydrogens (tertiary/aromatic N) is 1. The first-order valence-corrected chi connectivity index (χ1v) is 12.8. The van der Waals surface area contributed by atoms with Gasteiger partial charge in [-0.05, 0) is 52.2 Å². The zero-order chi connectivity index (χ0) is 21.5. The molecule has 2 aliphatic rings. The Morgan fingerprint density at radius 2 is 2.13 bits per heavy atom. The number of rotatable bonds is 8. The summed E-state index contributed by atoms with van der Waals surface area (Å²) in [5, 5.41) is 7.24. The Morgan fingerprint density at radius 3 is 2.87 bits per heavy atom. The minimum atomic E-state index is -0.725. The van der Waals surface area contributed by atoms with Crippen LogP contribution in [0.1, 0.15) is 64.5 Å². The fourth-order valence-electron chi connectivity index (χ4n) is 4.32. The number of benzene rings is 1. The number of hydrogen-bond acceptors (Lipinski definition) is 4. The molecule has 3 rings (SSSR count). The maximum atomic E-state index is 12.3. The van der Waals surface area contributed by atoms with Crippen LogP contribution in [0.4, 0.5) is 0 Å². The van der Waals surface area contributed by atoms with Gasteiger partial charge in [-0.2, -0.15) is 0 Å². The van der Waals surface area contributed by atoms with Crippen LogP contribution in [0, 0.1) is 0 Å². The summed E-state index contributed by atoms with van der Waals surface area (Å²) in [6.45, 7) is 10.1. The van der Waals surface area contributed by atoms with Gasteiger partial charge in [-0.15, -0.1) is 0 Å². The average molecular weight is 436 g/mol. The topological polar surface area (TPSA) is 72.0 Å². The van der Waals surface area contributed by atoms with Crippen LogP contribution in [0.15, 0.2) is 17.1 Å². The molecule has 1 aromatic carbocycles. The fraction of sp³-hybridized carbons (Fsp3) is 0.696. The summed E-state index contributed by atoms with van der Waals surface area (Å²) in [7, 11) is -0.725. The van der Waals surface area contributed by atoms with Crippen molar-refractivity contribution in [3.8, 4) is 11.5 Å². The summed E-state index contributed by atoms with van der Waals surface area (Å²) in [5.41, 5.74) is 2.25. The number of ether oxygens (including phenoxy) is 2. The van der Waals surface area contributed by atoms with Gasteiger partial charge in [-0.1, -0.05) is 13.3 Å². The molecular weight excluding hydrogens is 398 g/mol. The van der Waals surface area contributed by atoms with Crippen molar-refractivity contribution in [1.29, 1.82) is 0 Å². The van der Waals surface area contributed by atoms with Crippen LogP contribution in [-0.2, 0) is 23.8 Å². The predicted octanol–water partition coefficient (Wildman–Crippen LogP) is 3.54. The molecule has 1 aromatic rings. The lowest BCUT2D eigenvalue weighted by atomic mass is 9.95. The van der Waals surface area contributed by atoms with Crippen molar-refractivity contribution in [2.75, 3.05) is 18.9 Å². The lowest BCUT2D eigenvalue weighted by Crippen LogP contribution is -2.46. The predicted molar refractivity (Wildman–Crippen MR) is 124 cm³/mol. The number of fused-ring (bicyclic) bond motifs is 1. The molecule has 4 atom stereocenters. The molecule has 2 N–H and O–H groups in total. The SMILES string of the molecule is CCNC(=NCc1cc2c(cc1OCC)CC(C)O2)NC1CCCC(S(=O)CC)C1. The van der Waals surface area contributed by atoms with E-state index in [-0.39, 0.29) is 6.10 Å². The normalized spacial score (nSPS) is 24.7. The van der Waals surface area contributed by atoms with Gasteiger partial charge in [0, 0.05) is 51.9 Å². The first-order chi connectivity index (χ1) is 14.5. The van der Waals surface area contributed by atoms with Gasteiger partial charge in [0.15, 0.2) is 5.96 Å². The van der Waals surface area contributed by atoms with E-state index in [0.29, 0.717) is 24.4 Å². The van der Waals surface area contributed by atoms with Gasteiger partial charge < -0.3 is 20.1 Å². The molecule has 6 nitrogen and oxygen atoms in total. The summed E-state index contributed by atoms with van der Waals surface area (Å²) in [6, 6.07) is 4.50. The van der Waals surface area contributed by atoms with Gasteiger partial charge in [0.1, 0.15) is 17.6 Å². The van der Waals surface area contributed by atoms with Gasteiger partial charge >= 0.3 is 0 Å². The summed E-state index contributed by atoms with van der Waals surface area (Å²) >= 11 is 0. The molecule has 0 aromatic heterocycles. The van der Waals surface area contributed by atoms with Crippen molar-refractivity contribution in [1.82, 2.24) is 10.6 Å². The Bertz CT molecular complexity index is 768. The Hall–Kier alpha value is -1.76. The van der Waals surface area contributed by atoms with Crippen molar-refractivity contribution >= 4 is 16.8 Å². The largest absolute Gasteiger partial charge is 0.494 e. The van der Waals surface area contributed by atoms with Crippen molar-refractivity contribution < 1.29 is 13.7 Å². The summed E-state index contributed by atoms with van der Waals surface area (Å²) in [5.74, 6) is 3.39. The third-order valence-corrected chi connectivity index (χ3v) is 7.49. The van der Waals surface area contributed by atoms with E-state index in [4.69, 9.17) is 14.5 Å². The van der Waals surface area contributed by atoms with Crippen LogP contribution >= 0.6 is 0 Å². The first-order valence-electron chi connectivity index (χ1n) is 11.4. The van der Waals surface area contributed by atoms with Gasteiger partial charge in [0.05, 0.1) is 13.2 Å². The zero-order valence-electron chi connectivity index (χ0n) is 18.8. The third kappa shape index (κ3) is 5.90. The molecule has 30 heavy (non-hydrogen) atoms. The quantitative estimate of drug-likeness (QED) is 0.483. The lowest BCUT2D eigenvalue weighted by molar-refractivity contribution is 0.254. The van der Waals surface area contributed by atoms with Crippen LogP contribution in [0.3, 0.4) is 0 Å². The average Bonchev–Trinajstić information content (AvgIpc) is 3.10. The van der Waals surface area contributed by atoms with E-state index in [0.717, 1.165) is 67.4 Å². The van der Waals surface area contributed by atoms with E-state index in [1.165, 1.54) is 5.56 Å². The van der Waals surface area contributed by atoms with E-state index >= 15 is 0 Å². The molecule has 0 saturated heterocycles. The van der Waals surface area contributed by atoms with Crippen molar-refractivity contribution in [3.63, 3.8) is 0 Å². The van der Waals surface area contributed by atoms with Gasteiger partial charge in [-0.25, -0.2) is 4.99 Å². The smallest absolute Gasteiger partial charge is 0.191 e. The Balaban J connectivity index is 1.71. The monoisotopic (exact) mass is 435 g/mol. The van der Waals surface area contributed by atoms with Crippen LogP contribution in [0.2, 0.25) is 0 Å². The Kier molecular flexibility index (Phi) is 8.42. The molecule has 1 aliphatic heterocycles. The second-order valence-corrected chi connectivity index (χ2v) is 10.1. The number of guanidine groups is 1. The summed E-state index contributed by atoms with van der Waals surface area (Å²) in [6.07, 6.45) is 5.35. The van der Waals surface area contributed by atoms with Crippen LogP contribution in [0.25, 0.3) is 0 Å². The van der Waals surface area contributed by atoms with E-state index in [9.17, 15) is 4.21 Å². The Labute approximate surface area is 183 Å². The van der Waals surface area contributed by atoms with Crippen LogP contribution < -0.4 is 20.1 Å². The second-order valence-electron chi connectivity index (χ2n) is 8.13. The highest BCUT2D eigenvalue weighted by Crippen LogP contribution is 2.35. The van der Waals surface area contributed by atoms with E-state index in [2.05, 4.69) is 36.6 Å². The zero-order valence-corrected chi connectivity index (χ0v) is 19.6. The van der Waals surface area contributed by atoms with Crippen molar-refractivity contribution in [3.05, 3.63) is 23.3 Å². The molecule has 0 spiro atoms. The van der Waals surface area contributed by atoms with E-state index in [1.807, 2.05) is 13.8 Å². The second kappa shape index (κ2) is 11.0. The molecule has 7 heteroatoms. The van der Waals surface area contributed by atoms with Gasteiger partial charge in [-0.3, -0.25) is 4.21 Å². The maximum absolute atomic E-state index is 12.3. The van der Waals surface area contributed by atoms with Gasteiger partial charge in [0.2, 0.25) is 0 Å². The van der Waals surface area contributed by atoms with Crippen LogP contribution in [-0.4, -0.2) is 46.5 Å². The van der Waals surface area contributed by atoms with Crippen LogP contribution in [0.5, 0.6) is 11.5 Å². The van der Waals surface area contributed by atoms with Gasteiger partial charge in [0.25, 0.3) is 0 Å². The molecular formula is C23H37N3O3S. The summed E-state index contributed by atoms with van der Waals surface area (Å²) in [4.78, 5) is 4.84. The first kappa shape index (κ1) is 22.9. The van der Waals surface area contributed by atoms with Crippen molar-refractivity contribution in [2.24, 2.45) is 4.99 Å². The highest BCUT2D eigenvalue weighted by atomic mass is 32.2. The highest BCUT2D eigenvalue weighted by molar-refractivity contribution is 7.85. The molecule has 0 radical (unpaired) electrons. The maximum Gasteiger partial charge on any atom is 0.191 e. The minimum absolute atomic E-state index is 0.208. The molecule has 1 saturated carbocycles.